The molecule has 0 amide bonds. The molecule has 0 aromatic heterocycles. The molecule has 0 aliphatic heterocycles. The van der Waals surface area contributed by atoms with Gasteiger partial charge in [-0.15, -0.1) is 0 Å². The molecule has 114 valence electrons. The predicted molar refractivity (Wildman–Crippen MR) is 87.8 cm³/mol. The average molecular weight is 277 g/mol. The largest absolute Gasteiger partial charge is 0.493 e. The van der Waals surface area contributed by atoms with E-state index in [0.717, 1.165) is 31.7 Å². The maximum absolute atomic E-state index is 6.04. The molecule has 2 nitrogen and oxygen atoms in total. The van der Waals surface area contributed by atoms with E-state index in [1.54, 1.807) is 0 Å². The summed E-state index contributed by atoms with van der Waals surface area (Å²) in [5.74, 6) is 1.04. The summed E-state index contributed by atoms with van der Waals surface area (Å²) in [4.78, 5) is 0. The van der Waals surface area contributed by atoms with Crippen LogP contribution in [0.5, 0.6) is 5.75 Å². The molecule has 1 atom stereocenters. The predicted octanol–water partition coefficient (Wildman–Crippen LogP) is 4.31. The normalized spacial score (nSPS) is 13.3. The highest BCUT2D eigenvalue weighted by Gasteiger charge is 2.19. The van der Waals surface area contributed by atoms with Gasteiger partial charge in [0.25, 0.3) is 0 Å². The standard InChI is InChI=1S/C18H31NO/c1-7-15-9-10-17(16(13-15)18(4,5)6)20-12-11-14(3)19-8-2/h9-10,13-14,19H,7-8,11-12H2,1-6H3. The third kappa shape index (κ3) is 5.16. The molecule has 1 unspecified atom stereocenters. The van der Waals surface area contributed by atoms with E-state index in [2.05, 4.69) is 65.1 Å². The van der Waals surface area contributed by atoms with E-state index in [1.165, 1.54) is 11.1 Å². The van der Waals surface area contributed by atoms with Gasteiger partial charge in [0, 0.05) is 6.04 Å². The number of rotatable bonds is 7. The molecule has 0 bridgehead atoms. The molecule has 0 fully saturated rings. The van der Waals surface area contributed by atoms with Gasteiger partial charge in [-0.25, -0.2) is 0 Å². The third-order valence-corrected chi connectivity index (χ3v) is 3.62. The topological polar surface area (TPSA) is 21.3 Å². The summed E-state index contributed by atoms with van der Waals surface area (Å²) in [6.45, 7) is 15.1. The molecule has 0 saturated carbocycles. The Bertz CT molecular complexity index is 406. The van der Waals surface area contributed by atoms with E-state index < -0.39 is 0 Å². The number of aryl methyl sites for hydroxylation is 1. The van der Waals surface area contributed by atoms with E-state index in [4.69, 9.17) is 4.74 Å². The van der Waals surface area contributed by atoms with Crippen molar-refractivity contribution in [2.24, 2.45) is 0 Å². The van der Waals surface area contributed by atoms with Gasteiger partial charge in [0.2, 0.25) is 0 Å². The molecular formula is C18H31NO. The van der Waals surface area contributed by atoms with Crippen LogP contribution in [0.1, 0.15) is 59.1 Å². The Balaban J connectivity index is 2.74. The SMILES string of the molecule is CCNC(C)CCOc1ccc(CC)cc1C(C)(C)C. The summed E-state index contributed by atoms with van der Waals surface area (Å²) < 4.78 is 6.04. The highest BCUT2D eigenvalue weighted by molar-refractivity contribution is 5.41. The lowest BCUT2D eigenvalue weighted by atomic mass is 9.85. The number of ether oxygens (including phenoxy) is 1. The lowest BCUT2D eigenvalue weighted by Gasteiger charge is -2.24. The minimum atomic E-state index is 0.119. The maximum Gasteiger partial charge on any atom is 0.123 e. The molecule has 0 aliphatic carbocycles. The Morgan fingerprint density at radius 2 is 1.90 bits per heavy atom. The Morgan fingerprint density at radius 1 is 1.20 bits per heavy atom. The van der Waals surface area contributed by atoms with Crippen LogP contribution in [0.25, 0.3) is 0 Å². The summed E-state index contributed by atoms with van der Waals surface area (Å²) in [5, 5.41) is 3.41. The van der Waals surface area contributed by atoms with E-state index >= 15 is 0 Å². The van der Waals surface area contributed by atoms with Crippen molar-refractivity contribution in [2.45, 2.75) is 65.8 Å². The Labute approximate surface area is 124 Å². The van der Waals surface area contributed by atoms with Gasteiger partial charge in [0.15, 0.2) is 0 Å². The molecule has 0 spiro atoms. The van der Waals surface area contributed by atoms with Gasteiger partial charge < -0.3 is 10.1 Å². The van der Waals surface area contributed by atoms with Crippen molar-refractivity contribution < 1.29 is 4.74 Å². The fourth-order valence-electron chi connectivity index (χ4n) is 2.31. The number of hydrogen-bond acceptors (Lipinski definition) is 2. The minimum absolute atomic E-state index is 0.119. The van der Waals surface area contributed by atoms with Crippen LogP contribution in [0.15, 0.2) is 18.2 Å². The van der Waals surface area contributed by atoms with Crippen molar-refractivity contribution in [3.63, 3.8) is 0 Å². The Morgan fingerprint density at radius 3 is 2.45 bits per heavy atom. The summed E-state index contributed by atoms with van der Waals surface area (Å²) in [7, 11) is 0. The monoisotopic (exact) mass is 277 g/mol. The van der Waals surface area contributed by atoms with Crippen LogP contribution in [0.2, 0.25) is 0 Å². The van der Waals surface area contributed by atoms with Gasteiger partial charge in [-0.05, 0) is 48.9 Å². The van der Waals surface area contributed by atoms with Crippen LogP contribution < -0.4 is 10.1 Å². The van der Waals surface area contributed by atoms with Crippen molar-refractivity contribution in [1.29, 1.82) is 0 Å². The van der Waals surface area contributed by atoms with Crippen molar-refractivity contribution >= 4 is 0 Å². The lowest BCUT2D eigenvalue weighted by molar-refractivity contribution is 0.284. The molecule has 1 N–H and O–H groups in total. The van der Waals surface area contributed by atoms with Crippen LogP contribution >= 0.6 is 0 Å². The van der Waals surface area contributed by atoms with Crippen LogP contribution in [0.3, 0.4) is 0 Å². The molecule has 0 aliphatic rings. The number of benzene rings is 1. The van der Waals surface area contributed by atoms with Crippen LogP contribution in [0, 0.1) is 0 Å². The molecule has 1 aromatic carbocycles. The first kappa shape index (κ1) is 17.0. The fraction of sp³-hybridized carbons (Fsp3) is 0.667. The van der Waals surface area contributed by atoms with Crippen molar-refractivity contribution in [2.75, 3.05) is 13.2 Å². The summed E-state index contributed by atoms with van der Waals surface area (Å²) in [6.07, 6.45) is 2.10. The second kappa shape index (κ2) is 7.68. The Hall–Kier alpha value is -1.02. The molecule has 0 radical (unpaired) electrons. The molecule has 0 saturated heterocycles. The molecular weight excluding hydrogens is 246 g/mol. The molecule has 0 heterocycles. The second-order valence-electron chi connectivity index (χ2n) is 6.53. The van der Waals surface area contributed by atoms with E-state index in [-0.39, 0.29) is 5.41 Å². The zero-order valence-electron chi connectivity index (χ0n) is 14.0. The van der Waals surface area contributed by atoms with Crippen LogP contribution in [-0.2, 0) is 11.8 Å². The van der Waals surface area contributed by atoms with Gasteiger partial charge in [0.05, 0.1) is 6.61 Å². The van der Waals surface area contributed by atoms with Crippen LogP contribution in [0.4, 0.5) is 0 Å². The fourth-order valence-corrected chi connectivity index (χ4v) is 2.31. The second-order valence-corrected chi connectivity index (χ2v) is 6.53. The van der Waals surface area contributed by atoms with Crippen molar-refractivity contribution in [1.82, 2.24) is 5.32 Å². The van der Waals surface area contributed by atoms with Crippen molar-refractivity contribution in [3.8, 4) is 5.75 Å². The van der Waals surface area contributed by atoms with Crippen molar-refractivity contribution in [3.05, 3.63) is 29.3 Å². The van der Waals surface area contributed by atoms with Gasteiger partial charge in [-0.3, -0.25) is 0 Å². The number of hydrogen-bond donors (Lipinski definition) is 1. The summed E-state index contributed by atoms with van der Waals surface area (Å²) in [5.41, 5.74) is 2.81. The maximum atomic E-state index is 6.04. The zero-order valence-corrected chi connectivity index (χ0v) is 14.0. The van der Waals surface area contributed by atoms with E-state index in [9.17, 15) is 0 Å². The first-order valence-corrected chi connectivity index (χ1v) is 7.88. The van der Waals surface area contributed by atoms with E-state index in [0.29, 0.717) is 6.04 Å². The number of nitrogens with one attached hydrogen (secondary N) is 1. The molecule has 1 aromatic rings. The highest BCUT2D eigenvalue weighted by atomic mass is 16.5. The average Bonchev–Trinajstić information content (AvgIpc) is 2.38. The quantitative estimate of drug-likeness (QED) is 0.801. The van der Waals surface area contributed by atoms with Gasteiger partial charge >= 0.3 is 0 Å². The smallest absolute Gasteiger partial charge is 0.123 e. The van der Waals surface area contributed by atoms with Crippen LogP contribution in [-0.4, -0.2) is 19.2 Å². The summed E-state index contributed by atoms with van der Waals surface area (Å²) in [6, 6.07) is 7.12. The zero-order chi connectivity index (χ0) is 15.2. The van der Waals surface area contributed by atoms with Gasteiger partial charge in [-0.1, -0.05) is 46.8 Å². The van der Waals surface area contributed by atoms with E-state index in [1.807, 2.05) is 0 Å². The first-order chi connectivity index (χ1) is 9.38. The van der Waals surface area contributed by atoms with Gasteiger partial charge in [-0.2, -0.15) is 0 Å². The minimum Gasteiger partial charge on any atom is -0.493 e. The molecule has 20 heavy (non-hydrogen) atoms. The third-order valence-electron chi connectivity index (χ3n) is 3.62. The molecule has 1 rings (SSSR count). The first-order valence-electron chi connectivity index (χ1n) is 7.88. The lowest BCUT2D eigenvalue weighted by Crippen LogP contribution is -2.27. The Kier molecular flexibility index (Phi) is 6.54. The summed E-state index contributed by atoms with van der Waals surface area (Å²) >= 11 is 0. The molecule has 2 heteroatoms. The van der Waals surface area contributed by atoms with Gasteiger partial charge in [0.1, 0.15) is 5.75 Å². The highest BCUT2D eigenvalue weighted by Crippen LogP contribution is 2.32.